The Labute approximate surface area is 121 Å². The SMILES string of the molecule is Cc1cc(Cl)c(NCc2nc(C)c(C)s2)cc1Cl. The molecule has 2 aromatic rings. The van der Waals surface area contributed by atoms with Gasteiger partial charge in [-0.1, -0.05) is 23.2 Å². The second-order valence-corrected chi connectivity index (χ2v) is 6.29. The summed E-state index contributed by atoms with van der Waals surface area (Å²) in [7, 11) is 0. The molecule has 0 bridgehead atoms. The summed E-state index contributed by atoms with van der Waals surface area (Å²) in [6.45, 7) is 6.70. The fraction of sp³-hybridized carbons (Fsp3) is 0.308. The van der Waals surface area contributed by atoms with Gasteiger partial charge in [-0.15, -0.1) is 11.3 Å². The van der Waals surface area contributed by atoms with Gasteiger partial charge >= 0.3 is 0 Å². The van der Waals surface area contributed by atoms with Crippen molar-refractivity contribution in [1.82, 2.24) is 4.98 Å². The zero-order valence-corrected chi connectivity index (χ0v) is 12.8. The minimum atomic E-state index is 0.665. The molecule has 0 unspecified atom stereocenters. The van der Waals surface area contributed by atoms with Crippen LogP contribution >= 0.6 is 34.5 Å². The average molecular weight is 301 g/mol. The van der Waals surface area contributed by atoms with Crippen LogP contribution in [-0.2, 0) is 6.54 Å². The van der Waals surface area contributed by atoms with Gasteiger partial charge in [0.05, 0.1) is 22.9 Å². The van der Waals surface area contributed by atoms with Crippen LogP contribution in [0.3, 0.4) is 0 Å². The summed E-state index contributed by atoms with van der Waals surface area (Å²) >= 11 is 13.9. The fourth-order valence-electron chi connectivity index (χ4n) is 1.57. The lowest BCUT2D eigenvalue weighted by Gasteiger charge is -2.09. The van der Waals surface area contributed by atoms with Crippen LogP contribution in [0.2, 0.25) is 10.0 Å². The maximum absolute atomic E-state index is 6.17. The summed E-state index contributed by atoms with van der Waals surface area (Å²) in [6, 6.07) is 3.72. The van der Waals surface area contributed by atoms with E-state index in [9.17, 15) is 0 Å². The highest BCUT2D eigenvalue weighted by Crippen LogP contribution is 2.29. The Morgan fingerprint density at radius 1 is 1.17 bits per heavy atom. The third-order valence-electron chi connectivity index (χ3n) is 2.75. The van der Waals surface area contributed by atoms with Gasteiger partial charge in [-0.3, -0.25) is 0 Å². The number of hydrogen-bond donors (Lipinski definition) is 1. The second kappa shape index (κ2) is 5.47. The molecular formula is C13H14Cl2N2S. The van der Waals surface area contributed by atoms with Gasteiger partial charge in [0, 0.05) is 9.90 Å². The van der Waals surface area contributed by atoms with E-state index in [0.717, 1.165) is 22.0 Å². The van der Waals surface area contributed by atoms with Crippen molar-refractivity contribution in [3.05, 3.63) is 43.3 Å². The van der Waals surface area contributed by atoms with E-state index in [1.54, 1.807) is 11.3 Å². The molecule has 0 aliphatic rings. The predicted molar refractivity (Wildman–Crippen MR) is 80.1 cm³/mol. The number of aryl methyl sites for hydroxylation is 3. The topological polar surface area (TPSA) is 24.9 Å². The Kier molecular flexibility index (Phi) is 4.15. The summed E-state index contributed by atoms with van der Waals surface area (Å²) < 4.78 is 0. The first-order valence-corrected chi connectivity index (χ1v) is 7.17. The first-order valence-electron chi connectivity index (χ1n) is 5.60. The monoisotopic (exact) mass is 300 g/mol. The van der Waals surface area contributed by atoms with Gasteiger partial charge in [0.1, 0.15) is 5.01 Å². The number of benzene rings is 1. The number of hydrogen-bond acceptors (Lipinski definition) is 3. The average Bonchev–Trinajstić information content (AvgIpc) is 2.62. The van der Waals surface area contributed by atoms with Gasteiger partial charge in [0.25, 0.3) is 0 Å². The van der Waals surface area contributed by atoms with Gasteiger partial charge in [0.2, 0.25) is 0 Å². The van der Waals surface area contributed by atoms with Crippen molar-refractivity contribution in [2.75, 3.05) is 5.32 Å². The number of anilines is 1. The molecule has 0 radical (unpaired) electrons. The van der Waals surface area contributed by atoms with Crippen LogP contribution < -0.4 is 5.32 Å². The standard InChI is InChI=1S/C13H14Cl2N2S/c1-7-4-11(15)12(5-10(7)14)16-6-13-17-8(2)9(3)18-13/h4-5,16H,6H2,1-3H3. The molecule has 96 valence electrons. The van der Waals surface area contributed by atoms with Crippen molar-refractivity contribution in [3.8, 4) is 0 Å². The van der Waals surface area contributed by atoms with Gasteiger partial charge < -0.3 is 5.32 Å². The maximum Gasteiger partial charge on any atom is 0.112 e. The smallest absolute Gasteiger partial charge is 0.112 e. The van der Waals surface area contributed by atoms with Crippen molar-refractivity contribution in [1.29, 1.82) is 0 Å². The summed E-state index contributed by atoms with van der Waals surface area (Å²) in [5.74, 6) is 0. The molecule has 1 heterocycles. The minimum absolute atomic E-state index is 0.665. The number of aromatic nitrogens is 1. The quantitative estimate of drug-likeness (QED) is 0.864. The predicted octanol–water partition coefficient (Wildman–Crippen LogP) is 4.99. The highest BCUT2D eigenvalue weighted by atomic mass is 35.5. The van der Waals surface area contributed by atoms with E-state index < -0.39 is 0 Å². The summed E-state index contributed by atoms with van der Waals surface area (Å²) in [4.78, 5) is 5.72. The minimum Gasteiger partial charge on any atom is -0.377 e. The molecule has 1 aromatic heterocycles. The van der Waals surface area contributed by atoms with Gasteiger partial charge in [-0.05, 0) is 38.5 Å². The van der Waals surface area contributed by atoms with Crippen molar-refractivity contribution < 1.29 is 0 Å². The Hall–Kier alpha value is -0.770. The number of thiazole rings is 1. The molecule has 0 spiro atoms. The van der Waals surface area contributed by atoms with E-state index in [1.165, 1.54) is 4.88 Å². The van der Waals surface area contributed by atoms with Crippen LogP contribution in [0.5, 0.6) is 0 Å². The van der Waals surface area contributed by atoms with E-state index in [0.29, 0.717) is 16.6 Å². The molecule has 0 fully saturated rings. The van der Waals surface area contributed by atoms with Crippen LogP contribution in [0.4, 0.5) is 5.69 Å². The number of rotatable bonds is 3. The molecule has 2 nitrogen and oxygen atoms in total. The third kappa shape index (κ3) is 2.97. The second-order valence-electron chi connectivity index (χ2n) is 4.18. The van der Waals surface area contributed by atoms with Gasteiger partial charge in [0.15, 0.2) is 0 Å². The number of nitrogens with one attached hydrogen (secondary N) is 1. The third-order valence-corrected chi connectivity index (χ3v) is 4.54. The largest absolute Gasteiger partial charge is 0.377 e. The Balaban J connectivity index is 2.13. The molecule has 1 N–H and O–H groups in total. The van der Waals surface area contributed by atoms with Crippen molar-refractivity contribution >= 4 is 40.2 Å². The summed E-state index contributed by atoms with van der Waals surface area (Å²) in [5, 5.41) is 5.72. The molecule has 0 aliphatic carbocycles. The van der Waals surface area contributed by atoms with Crippen molar-refractivity contribution in [3.63, 3.8) is 0 Å². The molecule has 0 saturated heterocycles. The summed E-state index contributed by atoms with van der Waals surface area (Å²) in [5.41, 5.74) is 2.91. The van der Waals surface area contributed by atoms with E-state index in [2.05, 4.69) is 17.2 Å². The Morgan fingerprint density at radius 3 is 2.50 bits per heavy atom. The molecule has 0 aliphatic heterocycles. The molecule has 18 heavy (non-hydrogen) atoms. The number of nitrogens with zero attached hydrogens (tertiary/aromatic N) is 1. The lowest BCUT2D eigenvalue weighted by molar-refractivity contribution is 1.07. The van der Waals surface area contributed by atoms with E-state index in [-0.39, 0.29) is 0 Å². The van der Waals surface area contributed by atoms with Crippen LogP contribution in [0, 0.1) is 20.8 Å². The first kappa shape index (κ1) is 13.7. The van der Waals surface area contributed by atoms with Crippen LogP contribution in [0.15, 0.2) is 12.1 Å². The zero-order valence-electron chi connectivity index (χ0n) is 10.5. The van der Waals surface area contributed by atoms with Crippen LogP contribution in [-0.4, -0.2) is 4.98 Å². The molecular weight excluding hydrogens is 287 g/mol. The van der Waals surface area contributed by atoms with Crippen molar-refractivity contribution in [2.45, 2.75) is 27.3 Å². The Bertz CT molecular complexity index is 559. The van der Waals surface area contributed by atoms with Crippen molar-refractivity contribution in [2.24, 2.45) is 0 Å². The van der Waals surface area contributed by atoms with Crippen LogP contribution in [0.1, 0.15) is 21.1 Å². The van der Waals surface area contributed by atoms with Gasteiger partial charge in [-0.2, -0.15) is 0 Å². The highest BCUT2D eigenvalue weighted by molar-refractivity contribution is 7.11. The molecule has 1 aromatic carbocycles. The molecule has 0 amide bonds. The van der Waals surface area contributed by atoms with E-state index >= 15 is 0 Å². The molecule has 5 heteroatoms. The summed E-state index contributed by atoms with van der Waals surface area (Å²) in [6.07, 6.45) is 0. The highest BCUT2D eigenvalue weighted by Gasteiger charge is 2.07. The maximum atomic E-state index is 6.17. The molecule has 0 atom stereocenters. The first-order chi connectivity index (χ1) is 8.47. The van der Waals surface area contributed by atoms with Gasteiger partial charge in [-0.25, -0.2) is 4.98 Å². The fourth-order valence-corrected chi connectivity index (χ4v) is 2.89. The Morgan fingerprint density at radius 2 is 1.89 bits per heavy atom. The van der Waals surface area contributed by atoms with E-state index in [1.807, 2.05) is 26.0 Å². The molecule has 2 rings (SSSR count). The lowest BCUT2D eigenvalue weighted by atomic mass is 10.2. The van der Waals surface area contributed by atoms with Crippen LogP contribution in [0.25, 0.3) is 0 Å². The molecule has 0 saturated carbocycles. The zero-order chi connectivity index (χ0) is 13.3. The number of halogens is 2. The van der Waals surface area contributed by atoms with E-state index in [4.69, 9.17) is 23.2 Å². The lowest BCUT2D eigenvalue weighted by Crippen LogP contribution is -2.00. The normalized spacial score (nSPS) is 10.7.